The van der Waals surface area contributed by atoms with E-state index in [0.29, 0.717) is 5.41 Å². The molecule has 0 aromatic rings. The van der Waals surface area contributed by atoms with E-state index in [2.05, 4.69) is 25.7 Å². The zero-order valence-corrected chi connectivity index (χ0v) is 7.93. The minimum Gasteiger partial charge on any atom is -0.303 e. The van der Waals surface area contributed by atoms with Gasteiger partial charge in [-0.1, -0.05) is 20.8 Å². The van der Waals surface area contributed by atoms with Crippen LogP contribution in [0.3, 0.4) is 0 Å². The van der Waals surface area contributed by atoms with Crippen molar-refractivity contribution in [3.63, 3.8) is 0 Å². The fourth-order valence-electron chi connectivity index (χ4n) is 2.77. The average Bonchev–Trinajstić information content (AvgIpc) is 2.42. The fourth-order valence-corrected chi connectivity index (χ4v) is 2.77. The van der Waals surface area contributed by atoms with E-state index in [1.807, 2.05) is 0 Å². The predicted molar refractivity (Wildman–Crippen MR) is 47.5 cm³/mol. The fraction of sp³-hybridized carbons (Fsp3) is 1.00. The van der Waals surface area contributed by atoms with Gasteiger partial charge in [0.15, 0.2) is 0 Å². The lowest BCUT2D eigenvalue weighted by molar-refractivity contribution is 0.163. The highest BCUT2D eigenvalue weighted by Crippen LogP contribution is 2.42. The molecule has 0 spiro atoms. The van der Waals surface area contributed by atoms with Gasteiger partial charge in [0.2, 0.25) is 0 Å². The normalized spacial score (nSPS) is 43.4. The van der Waals surface area contributed by atoms with E-state index in [0.717, 1.165) is 11.8 Å². The molecular formula is C10H19N. The lowest BCUT2D eigenvalue weighted by Gasteiger charge is -2.33. The summed E-state index contributed by atoms with van der Waals surface area (Å²) >= 11 is 0. The smallest absolute Gasteiger partial charge is 0.00179 e. The van der Waals surface area contributed by atoms with Gasteiger partial charge in [-0.05, 0) is 30.2 Å². The maximum atomic E-state index is 2.63. The first-order valence-electron chi connectivity index (χ1n) is 4.80. The Kier molecular flexibility index (Phi) is 1.54. The van der Waals surface area contributed by atoms with Crippen LogP contribution in [0.25, 0.3) is 0 Å². The minimum atomic E-state index is 0.542. The third-order valence-electron chi connectivity index (χ3n) is 3.45. The second-order valence-corrected chi connectivity index (χ2v) is 5.28. The highest BCUT2D eigenvalue weighted by atomic mass is 15.2. The van der Waals surface area contributed by atoms with Gasteiger partial charge in [0.25, 0.3) is 0 Å². The summed E-state index contributed by atoms with van der Waals surface area (Å²) in [6.45, 7) is 11.3. The average molecular weight is 153 g/mol. The van der Waals surface area contributed by atoms with E-state index in [9.17, 15) is 0 Å². The quantitative estimate of drug-likeness (QED) is 0.514. The van der Waals surface area contributed by atoms with Crippen molar-refractivity contribution in [2.45, 2.75) is 27.2 Å². The monoisotopic (exact) mass is 153 g/mol. The third kappa shape index (κ3) is 1.20. The van der Waals surface area contributed by atoms with Crippen LogP contribution < -0.4 is 0 Å². The maximum Gasteiger partial charge on any atom is 0.00179 e. The zero-order chi connectivity index (χ0) is 8.06. The van der Waals surface area contributed by atoms with Crippen molar-refractivity contribution in [2.24, 2.45) is 17.3 Å². The molecule has 0 saturated carbocycles. The van der Waals surface area contributed by atoms with Crippen molar-refractivity contribution < 1.29 is 0 Å². The molecule has 0 radical (unpaired) electrons. The Bertz CT molecular complexity index is 157. The van der Waals surface area contributed by atoms with Crippen molar-refractivity contribution >= 4 is 0 Å². The maximum absolute atomic E-state index is 2.63. The van der Waals surface area contributed by atoms with E-state index < -0.39 is 0 Å². The van der Waals surface area contributed by atoms with Crippen LogP contribution in [0.4, 0.5) is 0 Å². The van der Waals surface area contributed by atoms with Crippen LogP contribution in [-0.4, -0.2) is 24.5 Å². The van der Waals surface area contributed by atoms with Crippen molar-refractivity contribution in [1.82, 2.24) is 4.90 Å². The van der Waals surface area contributed by atoms with Gasteiger partial charge in [0, 0.05) is 13.1 Å². The van der Waals surface area contributed by atoms with Gasteiger partial charge in [-0.3, -0.25) is 0 Å². The topological polar surface area (TPSA) is 3.24 Å². The SMILES string of the molecule is CC(C)(C)[C@H]1CN2CC[C@@H]1C2. The molecule has 2 fully saturated rings. The number of rotatable bonds is 0. The molecule has 1 heteroatoms. The van der Waals surface area contributed by atoms with E-state index in [4.69, 9.17) is 0 Å². The lowest BCUT2D eigenvalue weighted by atomic mass is 9.73. The molecule has 0 aliphatic carbocycles. The van der Waals surface area contributed by atoms with E-state index in [-0.39, 0.29) is 0 Å². The molecule has 2 rings (SSSR count). The molecule has 1 unspecified atom stereocenters. The first-order valence-corrected chi connectivity index (χ1v) is 4.80. The molecule has 0 aromatic carbocycles. The molecule has 1 nitrogen and oxygen atoms in total. The number of hydrogen-bond donors (Lipinski definition) is 0. The molecule has 64 valence electrons. The van der Waals surface area contributed by atoms with Crippen LogP contribution >= 0.6 is 0 Å². The Morgan fingerprint density at radius 1 is 1.18 bits per heavy atom. The van der Waals surface area contributed by atoms with E-state index in [1.54, 1.807) is 0 Å². The summed E-state index contributed by atoms with van der Waals surface area (Å²) in [4.78, 5) is 2.63. The Labute approximate surface area is 69.8 Å². The van der Waals surface area contributed by atoms with Crippen molar-refractivity contribution in [1.29, 1.82) is 0 Å². The molecule has 2 heterocycles. The lowest BCUT2D eigenvalue weighted by Crippen LogP contribution is -2.32. The Morgan fingerprint density at radius 3 is 2.18 bits per heavy atom. The molecule has 2 aliphatic heterocycles. The Balaban J connectivity index is 2.08. The Hall–Kier alpha value is -0.0400. The highest BCUT2D eigenvalue weighted by molar-refractivity contribution is 4.95. The van der Waals surface area contributed by atoms with Crippen molar-refractivity contribution in [2.75, 3.05) is 19.6 Å². The molecule has 0 N–H and O–H groups in total. The Morgan fingerprint density at radius 2 is 1.91 bits per heavy atom. The first kappa shape index (κ1) is 7.60. The summed E-state index contributed by atoms with van der Waals surface area (Å²) in [5, 5.41) is 0. The molecule has 2 saturated heterocycles. The number of fused-ring (bicyclic) bond motifs is 2. The van der Waals surface area contributed by atoms with Crippen LogP contribution in [0.15, 0.2) is 0 Å². The highest BCUT2D eigenvalue weighted by Gasteiger charge is 2.43. The molecule has 11 heavy (non-hydrogen) atoms. The summed E-state index contributed by atoms with van der Waals surface area (Å²) in [7, 11) is 0. The van der Waals surface area contributed by atoms with E-state index >= 15 is 0 Å². The van der Waals surface area contributed by atoms with E-state index in [1.165, 1.54) is 26.1 Å². The molecule has 0 aromatic heterocycles. The molecule has 2 aliphatic rings. The molecule has 3 atom stereocenters. The van der Waals surface area contributed by atoms with Crippen LogP contribution in [0.5, 0.6) is 0 Å². The van der Waals surface area contributed by atoms with Crippen LogP contribution in [0.2, 0.25) is 0 Å². The first-order chi connectivity index (χ1) is 5.07. The van der Waals surface area contributed by atoms with Crippen molar-refractivity contribution in [3.8, 4) is 0 Å². The summed E-state index contributed by atoms with van der Waals surface area (Å²) in [6, 6.07) is 0. The number of piperidine rings is 1. The standard InChI is InChI=1S/C10H19N/c1-10(2,3)9-7-11-5-4-8(9)6-11/h8-9H,4-7H2,1-3H3/t8-,9+/m1/s1. The number of nitrogens with zero attached hydrogens (tertiary/aromatic N) is 1. The van der Waals surface area contributed by atoms with Crippen LogP contribution in [0, 0.1) is 17.3 Å². The summed E-state index contributed by atoms with van der Waals surface area (Å²) < 4.78 is 0. The summed E-state index contributed by atoms with van der Waals surface area (Å²) in [5.74, 6) is 1.99. The van der Waals surface area contributed by atoms with Gasteiger partial charge >= 0.3 is 0 Å². The largest absolute Gasteiger partial charge is 0.303 e. The second-order valence-electron chi connectivity index (χ2n) is 5.28. The van der Waals surface area contributed by atoms with Crippen LogP contribution in [-0.2, 0) is 0 Å². The molecule has 2 bridgehead atoms. The van der Waals surface area contributed by atoms with Gasteiger partial charge in [-0.15, -0.1) is 0 Å². The predicted octanol–water partition coefficient (Wildman–Crippen LogP) is 1.98. The molecular weight excluding hydrogens is 134 g/mol. The van der Waals surface area contributed by atoms with Gasteiger partial charge in [-0.2, -0.15) is 0 Å². The summed E-state index contributed by atoms with van der Waals surface area (Å²) in [6.07, 6.45) is 1.46. The van der Waals surface area contributed by atoms with Gasteiger partial charge in [0.1, 0.15) is 0 Å². The van der Waals surface area contributed by atoms with Crippen molar-refractivity contribution in [3.05, 3.63) is 0 Å². The van der Waals surface area contributed by atoms with Gasteiger partial charge in [0.05, 0.1) is 0 Å². The van der Waals surface area contributed by atoms with Gasteiger partial charge < -0.3 is 4.90 Å². The van der Waals surface area contributed by atoms with Gasteiger partial charge in [-0.25, -0.2) is 0 Å². The number of hydrogen-bond acceptors (Lipinski definition) is 1. The minimum absolute atomic E-state index is 0.542. The third-order valence-corrected chi connectivity index (χ3v) is 3.45. The summed E-state index contributed by atoms with van der Waals surface area (Å²) in [5.41, 5.74) is 0.542. The van der Waals surface area contributed by atoms with Crippen LogP contribution in [0.1, 0.15) is 27.2 Å². The zero-order valence-electron chi connectivity index (χ0n) is 7.93. The molecule has 0 amide bonds. The second kappa shape index (κ2) is 2.22.